The van der Waals surface area contributed by atoms with Gasteiger partial charge in [-0.25, -0.2) is 9.78 Å². The van der Waals surface area contributed by atoms with Gasteiger partial charge >= 0.3 is 0 Å². The lowest BCUT2D eigenvalue weighted by Gasteiger charge is -2.00. The SMILES string of the molecule is CCCOCCOOC. The van der Waals surface area contributed by atoms with Crippen LogP contribution in [0.1, 0.15) is 13.3 Å². The van der Waals surface area contributed by atoms with Gasteiger partial charge in [0.25, 0.3) is 0 Å². The highest BCUT2D eigenvalue weighted by Crippen LogP contribution is 1.80. The lowest BCUT2D eigenvalue weighted by Crippen LogP contribution is -2.03. The fraction of sp³-hybridized carbons (Fsp3) is 1.00. The highest BCUT2D eigenvalue weighted by Gasteiger charge is 1.84. The van der Waals surface area contributed by atoms with Crippen LogP contribution in [0.25, 0.3) is 0 Å². The van der Waals surface area contributed by atoms with Crippen molar-refractivity contribution in [2.75, 3.05) is 26.9 Å². The second-order valence-electron chi connectivity index (χ2n) is 1.60. The monoisotopic (exact) mass is 134 g/mol. The first-order chi connectivity index (χ1) is 4.41. The van der Waals surface area contributed by atoms with Gasteiger partial charge in [0.1, 0.15) is 6.61 Å². The summed E-state index contributed by atoms with van der Waals surface area (Å²) in [4.78, 5) is 8.90. The van der Waals surface area contributed by atoms with Crippen LogP contribution in [0.4, 0.5) is 0 Å². The predicted molar refractivity (Wildman–Crippen MR) is 34.1 cm³/mol. The molecule has 0 fully saturated rings. The summed E-state index contributed by atoms with van der Waals surface area (Å²) in [6, 6.07) is 0. The minimum Gasteiger partial charge on any atom is -0.379 e. The van der Waals surface area contributed by atoms with Crippen molar-refractivity contribution >= 4 is 0 Å². The maximum Gasteiger partial charge on any atom is 0.106 e. The zero-order valence-electron chi connectivity index (χ0n) is 6.05. The van der Waals surface area contributed by atoms with E-state index in [0.717, 1.165) is 13.0 Å². The van der Waals surface area contributed by atoms with Crippen molar-refractivity contribution in [3.63, 3.8) is 0 Å². The van der Waals surface area contributed by atoms with Crippen molar-refractivity contribution in [3.8, 4) is 0 Å². The minimum atomic E-state index is 0.510. The van der Waals surface area contributed by atoms with Crippen molar-refractivity contribution < 1.29 is 14.5 Å². The summed E-state index contributed by atoms with van der Waals surface area (Å²) in [5.74, 6) is 0. The van der Waals surface area contributed by atoms with Crippen LogP contribution in [-0.4, -0.2) is 26.9 Å². The first-order valence-electron chi connectivity index (χ1n) is 3.15. The lowest BCUT2D eigenvalue weighted by atomic mass is 10.5. The van der Waals surface area contributed by atoms with E-state index in [1.807, 2.05) is 0 Å². The molecule has 0 aromatic rings. The summed E-state index contributed by atoms with van der Waals surface area (Å²) in [7, 11) is 1.49. The summed E-state index contributed by atoms with van der Waals surface area (Å²) in [6.45, 7) is 3.99. The second-order valence-corrected chi connectivity index (χ2v) is 1.60. The van der Waals surface area contributed by atoms with Crippen molar-refractivity contribution in [2.45, 2.75) is 13.3 Å². The predicted octanol–water partition coefficient (Wildman–Crippen LogP) is 0.991. The summed E-state index contributed by atoms with van der Waals surface area (Å²) >= 11 is 0. The molecule has 0 saturated heterocycles. The van der Waals surface area contributed by atoms with Gasteiger partial charge in [0, 0.05) is 6.61 Å². The molecule has 0 N–H and O–H groups in total. The Labute approximate surface area is 55.8 Å². The van der Waals surface area contributed by atoms with Crippen LogP contribution in [-0.2, 0) is 14.5 Å². The topological polar surface area (TPSA) is 27.7 Å². The van der Waals surface area contributed by atoms with Crippen molar-refractivity contribution in [2.24, 2.45) is 0 Å². The molecule has 0 rings (SSSR count). The second kappa shape index (κ2) is 7.88. The molecular formula is C6H14O3. The molecule has 0 aromatic carbocycles. The largest absolute Gasteiger partial charge is 0.379 e. The van der Waals surface area contributed by atoms with Gasteiger partial charge in [-0.15, -0.1) is 0 Å². The fourth-order valence-corrected chi connectivity index (χ4v) is 0.423. The molecule has 3 nitrogen and oxygen atoms in total. The molecule has 9 heavy (non-hydrogen) atoms. The molecule has 0 amide bonds. The smallest absolute Gasteiger partial charge is 0.106 e. The van der Waals surface area contributed by atoms with Crippen molar-refractivity contribution in [1.82, 2.24) is 0 Å². The van der Waals surface area contributed by atoms with Gasteiger partial charge in [-0.2, -0.15) is 0 Å². The van der Waals surface area contributed by atoms with E-state index < -0.39 is 0 Å². The van der Waals surface area contributed by atoms with E-state index in [0.29, 0.717) is 13.2 Å². The Balaban J connectivity index is 2.60. The molecule has 0 atom stereocenters. The van der Waals surface area contributed by atoms with E-state index in [4.69, 9.17) is 4.74 Å². The zero-order chi connectivity index (χ0) is 6.95. The molecule has 0 aromatic heterocycles. The summed E-state index contributed by atoms with van der Waals surface area (Å²) in [5, 5.41) is 0. The number of hydrogen-bond donors (Lipinski definition) is 0. The average Bonchev–Trinajstić information content (AvgIpc) is 1.89. The molecule has 0 spiro atoms. The van der Waals surface area contributed by atoms with Crippen LogP contribution in [0.15, 0.2) is 0 Å². The molecule has 0 aliphatic carbocycles. The first-order valence-corrected chi connectivity index (χ1v) is 3.15. The number of ether oxygens (including phenoxy) is 1. The van der Waals surface area contributed by atoms with Gasteiger partial charge < -0.3 is 4.74 Å². The molecule has 0 unspecified atom stereocenters. The minimum absolute atomic E-state index is 0.510. The maximum absolute atomic E-state index is 5.08. The van der Waals surface area contributed by atoms with Crippen LogP contribution in [0.5, 0.6) is 0 Å². The van der Waals surface area contributed by atoms with Crippen molar-refractivity contribution in [1.29, 1.82) is 0 Å². The highest BCUT2D eigenvalue weighted by atomic mass is 17.2. The molecular weight excluding hydrogens is 120 g/mol. The van der Waals surface area contributed by atoms with Crippen LogP contribution in [0.3, 0.4) is 0 Å². The Morgan fingerprint density at radius 3 is 2.44 bits per heavy atom. The molecule has 0 bridgehead atoms. The lowest BCUT2D eigenvalue weighted by molar-refractivity contribution is -0.277. The molecule has 0 aliphatic heterocycles. The third-order valence-corrected chi connectivity index (χ3v) is 0.777. The number of rotatable bonds is 6. The Morgan fingerprint density at radius 1 is 1.11 bits per heavy atom. The summed E-state index contributed by atoms with van der Waals surface area (Å²) < 4.78 is 5.08. The van der Waals surface area contributed by atoms with Crippen LogP contribution in [0.2, 0.25) is 0 Å². The van der Waals surface area contributed by atoms with E-state index in [2.05, 4.69) is 16.7 Å². The van der Waals surface area contributed by atoms with E-state index in [1.54, 1.807) is 0 Å². The Hall–Kier alpha value is -0.120. The van der Waals surface area contributed by atoms with Gasteiger partial charge in [-0.05, 0) is 6.42 Å². The molecule has 56 valence electrons. The Kier molecular flexibility index (Phi) is 7.77. The standard InChI is InChI=1S/C6H14O3/c1-3-4-8-5-6-9-7-2/h3-6H2,1-2H3. The van der Waals surface area contributed by atoms with Gasteiger partial charge in [-0.1, -0.05) is 6.92 Å². The average molecular weight is 134 g/mol. The quantitative estimate of drug-likeness (QED) is 0.308. The molecule has 0 saturated carbocycles. The van der Waals surface area contributed by atoms with E-state index in [1.165, 1.54) is 7.11 Å². The van der Waals surface area contributed by atoms with Gasteiger partial charge in [0.15, 0.2) is 0 Å². The molecule has 0 aliphatic rings. The first kappa shape index (κ1) is 8.88. The van der Waals surface area contributed by atoms with Gasteiger partial charge in [0.2, 0.25) is 0 Å². The Morgan fingerprint density at radius 2 is 1.89 bits per heavy atom. The molecule has 0 radical (unpaired) electrons. The van der Waals surface area contributed by atoms with Crippen LogP contribution in [0, 0.1) is 0 Å². The van der Waals surface area contributed by atoms with E-state index in [-0.39, 0.29) is 0 Å². The van der Waals surface area contributed by atoms with Crippen LogP contribution >= 0.6 is 0 Å². The normalized spacial score (nSPS) is 10.0. The highest BCUT2D eigenvalue weighted by molar-refractivity contribution is 4.25. The summed E-state index contributed by atoms with van der Waals surface area (Å²) in [6.07, 6.45) is 1.05. The maximum atomic E-state index is 5.08. The van der Waals surface area contributed by atoms with Crippen LogP contribution < -0.4 is 0 Å². The Bertz CT molecular complexity index is 41.6. The third-order valence-electron chi connectivity index (χ3n) is 0.777. The summed E-state index contributed by atoms with van der Waals surface area (Å²) in [5.41, 5.74) is 0. The van der Waals surface area contributed by atoms with Crippen molar-refractivity contribution in [3.05, 3.63) is 0 Å². The number of hydrogen-bond acceptors (Lipinski definition) is 3. The third kappa shape index (κ3) is 7.88. The van der Waals surface area contributed by atoms with E-state index in [9.17, 15) is 0 Å². The molecule has 3 heteroatoms. The van der Waals surface area contributed by atoms with Gasteiger partial charge in [0.05, 0.1) is 13.7 Å². The van der Waals surface area contributed by atoms with Gasteiger partial charge in [-0.3, -0.25) is 0 Å². The zero-order valence-corrected chi connectivity index (χ0v) is 6.05. The van der Waals surface area contributed by atoms with E-state index >= 15 is 0 Å². The molecule has 0 heterocycles. The fourth-order valence-electron chi connectivity index (χ4n) is 0.423.